The lowest BCUT2D eigenvalue weighted by Crippen LogP contribution is -1.98. The van der Waals surface area contributed by atoms with E-state index < -0.39 is 0 Å². The molecule has 5 heteroatoms. The van der Waals surface area contributed by atoms with E-state index in [0.29, 0.717) is 17.2 Å². The molecule has 3 nitrogen and oxygen atoms in total. The third kappa shape index (κ3) is 2.85. The van der Waals surface area contributed by atoms with E-state index in [9.17, 15) is 4.39 Å². The van der Waals surface area contributed by atoms with Gasteiger partial charge in [0.15, 0.2) is 0 Å². The third-order valence-corrected chi connectivity index (χ3v) is 2.40. The fourth-order valence-corrected chi connectivity index (χ4v) is 1.66. The average molecular weight is 252 g/mol. The van der Waals surface area contributed by atoms with Gasteiger partial charge >= 0.3 is 0 Å². The molecule has 0 bridgehead atoms. The SMILES string of the molecule is Cc1ccc(Nc2cc(N)cc(Cl)n2)c(F)c1. The Morgan fingerprint density at radius 1 is 1.29 bits per heavy atom. The van der Waals surface area contributed by atoms with E-state index in [1.54, 1.807) is 18.2 Å². The van der Waals surface area contributed by atoms with E-state index in [4.69, 9.17) is 17.3 Å². The molecule has 88 valence electrons. The molecule has 0 aliphatic heterocycles. The van der Waals surface area contributed by atoms with Crippen LogP contribution in [-0.2, 0) is 0 Å². The van der Waals surface area contributed by atoms with Gasteiger partial charge in [0.2, 0.25) is 0 Å². The van der Waals surface area contributed by atoms with Gasteiger partial charge in [0, 0.05) is 11.8 Å². The Balaban J connectivity index is 2.31. The van der Waals surface area contributed by atoms with Crippen molar-refractivity contribution in [2.45, 2.75) is 6.92 Å². The molecule has 0 fully saturated rings. The van der Waals surface area contributed by atoms with Crippen molar-refractivity contribution in [2.24, 2.45) is 0 Å². The number of halogens is 2. The van der Waals surface area contributed by atoms with Crippen LogP contribution in [0.5, 0.6) is 0 Å². The molecule has 0 unspecified atom stereocenters. The van der Waals surface area contributed by atoms with Crippen molar-refractivity contribution in [1.82, 2.24) is 4.98 Å². The molecule has 0 aliphatic rings. The molecule has 0 spiro atoms. The van der Waals surface area contributed by atoms with Gasteiger partial charge < -0.3 is 11.1 Å². The highest BCUT2D eigenvalue weighted by Crippen LogP contribution is 2.22. The highest BCUT2D eigenvalue weighted by molar-refractivity contribution is 6.29. The van der Waals surface area contributed by atoms with Crippen LogP contribution in [-0.4, -0.2) is 4.98 Å². The maximum absolute atomic E-state index is 13.6. The number of nitrogens with one attached hydrogen (secondary N) is 1. The first-order valence-corrected chi connectivity index (χ1v) is 5.38. The number of nitrogen functional groups attached to an aromatic ring is 1. The minimum absolute atomic E-state index is 0.264. The van der Waals surface area contributed by atoms with Crippen molar-refractivity contribution in [3.8, 4) is 0 Å². The van der Waals surface area contributed by atoms with Crippen molar-refractivity contribution < 1.29 is 4.39 Å². The quantitative estimate of drug-likeness (QED) is 0.803. The Morgan fingerprint density at radius 3 is 2.71 bits per heavy atom. The van der Waals surface area contributed by atoms with Gasteiger partial charge in [0.05, 0.1) is 5.69 Å². The lowest BCUT2D eigenvalue weighted by Gasteiger charge is -2.08. The topological polar surface area (TPSA) is 50.9 Å². The highest BCUT2D eigenvalue weighted by Gasteiger charge is 2.04. The summed E-state index contributed by atoms with van der Waals surface area (Å²) in [5.41, 5.74) is 7.28. The first-order chi connectivity index (χ1) is 8.04. The number of hydrogen-bond donors (Lipinski definition) is 2. The van der Waals surface area contributed by atoms with E-state index in [1.807, 2.05) is 6.92 Å². The Labute approximate surface area is 103 Å². The summed E-state index contributed by atoms with van der Waals surface area (Å²) in [6.07, 6.45) is 0. The van der Waals surface area contributed by atoms with Gasteiger partial charge in [-0.25, -0.2) is 9.37 Å². The first-order valence-electron chi connectivity index (χ1n) is 5.01. The van der Waals surface area contributed by atoms with Crippen molar-refractivity contribution >= 4 is 28.8 Å². The number of benzene rings is 1. The van der Waals surface area contributed by atoms with E-state index >= 15 is 0 Å². The van der Waals surface area contributed by atoms with E-state index in [0.717, 1.165) is 5.56 Å². The standard InChI is InChI=1S/C12H11ClFN3/c1-7-2-3-10(9(14)4-7)16-12-6-8(15)5-11(13)17-12/h2-6H,1H3,(H3,15,16,17). The highest BCUT2D eigenvalue weighted by atomic mass is 35.5. The zero-order valence-corrected chi connectivity index (χ0v) is 9.92. The first kappa shape index (κ1) is 11.7. The van der Waals surface area contributed by atoms with Gasteiger partial charge in [-0.3, -0.25) is 0 Å². The summed E-state index contributed by atoms with van der Waals surface area (Å²) in [6, 6.07) is 8.00. The molecule has 0 saturated heterocycles. The lowest BCUT2D eigenvalue weighted by molar-refractivity contribution is 0.630. The fourth-order valence-electron chi connectivity index (χ4n) is 1.44. The van der Waals surface area contributed by atoms with Gasteiger partial charge in [0.25, 0.3) is 0 Å². The van der Waals surface area contributed by atoms with E-state index in [2.05, 4.69) is 10.3 Å². The van der Waals surface area contributed by atoms with Gasteiger partial charge in [-0.2, -0.15) is 0 Å². The molecule has 0 atom stereocenters. The summed E-state index contributed by atoms with van der Waals surface area (Å²) in [5.74, 6) is 0.0723. The summed E-state index contributed by atoms with van der Waals surface area (Å²) in [6.45, 7) is 1.82. The van der Waals surface area contributed by atoms with Gasteiger partial charge in [-0.15, -0.1) is 0 Å². The van der Waals surface area contributed by atoms with Crippen molar-refractivity contribution in [2.75, 3.05) is 11.1 Å². The van der Waals surface area contributed by atoms with E-state index in [1.165, 1.54) is 12.1 Å². The average Bonchev–Trinajstić information content (AvgIpc) is 2.21. The van der Waals surface area contributed by atoms with Crippen LogP contribution in [0, 0.1) is 12.7 Å². The molecular formula is C12H11ClFN3. The third-order valence-electron chi connectivity index (χ3n) is 2.20. The van der Waals surface area contributed by atoms with Crippen LogP contribution in [0.1, 0.15) is 5.56 Å². The molecule has 3 N–H and O–H groups in total. The molecule has 1 heterocycles. The second-order valence-corrected chi connectivity index (χ2v) is 4.10. The summed E-state index contributed by atoms with van der Waals surface area (Å²) in [4.78, 5) is 4.00. The number of anilines is 3. The lowest BCUT2D eigenvalue weighted by atomic mass is 10.2. The number of aryl methyl sites for hydroxylation is 1. The molecule has 0 saturated carbocycles. The van der Waals surface area contributed by atoms with Crippen molar-refractivity contribution in [3.63, 3.8) is 0 Å². The molecule has 2 aromatic rings. The minimum Gasteiger partial charge on any atom is -0.399 e. The second kappa shape index (κ2) is 4.59. The molecule has 1 aromatic carbocycles. The number of rotatable bonds is 2. The molecule has 2 rings (SSSR count). The monoisotopic (exact) mass is 251 g/mol. The molecule has 0 aliphatic carbocycles. The zero-order valence-electron chi connectivity index (χ0n) is 9.17. The van der Waals surface area contributed by atoms with Crippen molar-refractivity contribution in [3.05, 3.63) is 46.9 Å². The normalized spacial score (nSPS) is 10.3. The van der Waals surface area contributed by atoms with Crippen LogP contribution in [0.2, 0.25) is 5.15 Å². The Hall–Kier alpha value is -1.81. The maximum Gasteiger partial charge on any atom is 0.146 e. The van der Waals surface area contributed by atoms with Crippen LogP contribution in [0.25, 0.3) is 0 Å². The molecule has 1 aromatic heterocycles. The van der Waals surface area contributed by atoms with Gasteiger partial charge in [0.1, 0.15) is 16.8 Å². The van der Waals surface area contributed by atoms with Crippen LogP contribution in [0.3, 0.4) is 0 Å². The summed E-state index contributed by atoms with van der Waals surface area (Å²) in [7, 11) is 0. The largest absolute Gasteiger partial charge is 0.399 e. The van der Waals surface area contributed by atoms with Crippen LogP contribution < -0.4 is 11.1 Å². The summed E-state index contributed by atoms with van der Waals surface area (Å²) < 4.78 is 13.6. The summed E-state index contributed by atoms with van der Waals surface area (Å²) >= 11 is 5.76. The fraction of sp³-hybridized carbons (Fsp3) is 0.0833. The predicted molar refractivity (Wildman–Crippen MR) is 68.1 cm³/mol. The Bertz CT molecular complexity index is 537. The molecule has 0 radical (unpaired) electrons. The van der Waals surface area contributed by atoms with Crippen LogP contribution >= 0.6 is 11.6 Å². The number of nitrogens with two attached hydrogens (primary N) is 1. The number of hydrogen-bond acceptors (Lipinski definition) is 3. The zero-order chi connectivity index (χ0) is 12.4. The van der Waals surface area contributed by atoms with E-state index in [-0.39, 0.29) is 11.0 Å². The number of nitrogens with zero attached hydrogens (tertiary/aromatic N) is 1. The number of aromatic nitrogens is 1. The Morgan fingerprint density at radius 2 is 2.06 bits per heavy atom. The van der Waals surface area contributed by atoms with Gasteiger partial charge in [-0.1, -0.05) is 17.7 Å². The van der Waals surface area contributed by atoms with Crippen LogP contribution in [0.15, 0.2) is 30.3 Å². The van der Waals surface area contributed by atoms with Gasteiger partial charge in [-0.05, 0) is 30.7 Å². The van der Waals surface area contributed by atoms with Crippen LogP contribution in [0.4, 0.5) is 21.6 Å². The Kier molecular flexibility index (Phi) is 3.15. The predicted octanol–water partition coefficient (Wildman–Crippen LogP) is 3.51. The van der Waals surface area contributed by atoms with Crippen molar-refractivity contribution in [1.29, 1.82) is 0 Å². The maximum atomic E-state index is 13.6. The second-order valence-electron chi connectivity index (χ2n) is 3.72. The smallest absolute Gasteiger partial charge is 0.146 e. The summed E-state index contributed by atoms with van der Waals surface area (Å²) in [5, 5.41) is 3.09. The molecule has 17 heavy (non-hydrogen) atoms. The number of pyridine rings is 1. The minimum atomic E-state index is -0.342. The molecular weight excluding hydrogens is 241 g/mol. The molecule has 0 amide bonds.